The summed E-state index contributed by atoms with van der Waals surface area (Å²) in [6, 6.07) is 12.4. The van der Waals surface area contributed by atoms with Crippen LogP contribution in [0.3, 0.4) is 0 Å². The largest absolute Gasteiger partial charge is 0.376 e. The third kappa shape index (κ3) is 7.83. The molecule has 0 spiro atoms. The minimum Gasteiger partial charge on any atom is -0.376 e. The van der Waals surface area contributed by atoms with Crippen LogP contribution in [0, 0.1) is 19.8 Å². The molecule has 6 heteroatoms. The van der Waals surface area contributed by atoms with Crippen LogP contribution in [0.2, 0.25) is 0 Å². The minimum atomic E-state index is 0.405. The first-order valence-electron chi connectivity index (χ1n) is 9.65. The number of aliphatic imine (C=N–C) groups is 1. The van der Waals surface area contributed by atoms with Crippen molar-refractivity contribution in [3.05, 3.63) is 53.3 Å². The van der Waals surface area contributed by atoms with E-state index in [0.29, 0.717) is 12.5 Å². The van der Waals surface area contributed by atoms with Crippen molar-refractivity contribution in [2.24, 2.45) is 10.9 Å². The van der Waals surface area contributed by atoms with E-state index in [0.717, 1.165) is 44.3 Å². The molecular formula is C21H33N5O. The fraction of sp³-hybridized carbons (Fsp3) is 0.524. The molecule has 1 heterocycles. The third-order valence-corrected chi connectivity index (χ3v) is 4.30. The van der Waals surface area contributed by atoms with Crippen LogP contribution in [0.4, 0.5) is 0 Å². The van der Waals surface area contributed by atoms with E-state index < -0.39 is 0 Å². The summed E-state index contributed by atoms with van der Waals surface area (Å²) in [5.74, 6) is 1.24. The van der Waals surface area contributed by atoms with Gasteiger partial charge in [-0.25, -0.2) is 0 Å². The topological polar surface area (TPSA) is 63.5 Å². The summed E-state index contributed by atoms with van der Waals surface area (Å²) in [4.78, 5) is 4.29. The van der Waals surface area contributed by atoms with Crippen LogP contribution in [-0.2, 0) is 17.9 Å². The summed E-state index contributed by atoms with van der Waals surface area (Å²) in [5.41, 5.74) is 3.48. The van der Waals surface area contributed by atoms with E-state index >= 15 is 0 Å². The molecule has 1 aromatic carbocycles. The van der Waals surface area contributed by atoms with Crippen molar-refractivity contribution in [3.8, 4) is 0 Å². The zero-order valence-electron chi connectivity index (χ0n) is 17.0. The Morgan fingerprint density at radius 1 is 1.22 bits per heavy atom. The lowest BCUT2D eigenvalue weighted by molar-refractivity contribution is 0.0931. The Kier molecular flexibility index (Phi) is 8.84. The van der Waals surface area contributed by atoms with Crippen LogP contribution in [0.15, 0.2) is 41.4 Å². The van der Waals surface area contributed by atoms with Crippen molar-refractivity contribution >= 4 is 5.96 Å². The molecule has 1 atom stereocenters. The summed E-state index contributed by atoms with van der Waals surface area (Å²) in [7, 11) is 1.80. The predicted octanol–water partition coefficient (Wildman–Crippen LogP) is 2.91. The molecule has 0 amide bonds. The Balaban J connectivity index is 1.58. The number of aromatic nitrogens is 2. The first-order valence-corrected chi connectivity index (χ1v) is 9.65. The molecule has 0 fully saturated rings. The number of hydrogen-bond acceptors (Lipinski definition) is 3. The number of nitrogens with one attached hydrogen (secondary N) is 2. The lowest BCUT2D eigenvalue weighted by Crippen LogP contribution is -2.40. The molecule has 6 nitrogen and oxygen atoms in total. The molecule has 2 aromatic rings. The number of benzene rings is 1. The van der Waals surface area contributed by atoms with Gasteiger partial charge in [0.15, 0.2) is 5.96 Å². The second kappa shape index (κ2) is 11.4. The number of aryl methyl sites for hydroxylation is 3. The van der Waals surface area contributed by atoms with Gasteiger partial charge in [0, 0.05) is 32.4 Å². The molecule has 0 aliphatic rings. The number of hydrogen-bond donors (Lipinski definition) is 2. The molecule has 0 aliphatic heterocycles. The van der Waals surface area contributed by atoms with E-state index in [1.54, 1.807) is 7.05 Å². The summed E-state index contributed by atoms with van der Waals surface area (Å²) in [6.45, 7) is 10.3. The van der Waals surface area contributed by atoms with E-state index in [-0.39, 0.29) is 0 Å². The summed E-state index contributed by atoms with van der Waals surface area (Å²) in [5, 5.41) is 11.2. The van der Waals surface area contributed by atoms with Crippen LogP contribution >= 0.6 is 0 Å². The van der Waals surface area contributed by atoms with Crippen molar-refractivity contribution in [3.63, 3.8) is 0 Å². The molecular weight excluding hydrogens is 338 g/mol. The van der Waals surface area contributed by atoms with Crippen molar-refractivity contribution in [1.82, 2.24) is 20.4 Å². The van der Waals surface area contributed by atoms with Crippen molar-refractivity contribution in [1.29, 1.82) is 0 Å². The molecule has 0 radical (unpaired) electrons. The first-order chi connectivity index (χ1) is 13.1. The van der Waals surface area contributed by atoms with Gasteiger partial charge in [0.2, 0.25) is 0 Å². The molecule has 2 N–H and O–H groups in total. The highest BCUT2D eigenvalue weighted by molar-refractivity contribution is 5.79. The molecule has 27 heavy (non-hydrogen) atoms. The maximum absolute atomic E-state index is 5.80. The minimum absolute atomic E-state index is 0.405. The lowest BCUT2D eigenvalue weighted by Gasteiger charge is -2.16. The second-order valence-electron chi connectivity index (χ2n) is 6.99. The SMILES string of the molecule is CN=C(NCCCn1nc(C)cc1C)NCC(C)COCc1ccccc1. The van der Waals surface area contributed by atoms with Gasteiger partial charge >= 0.3 is 0 Å². The molecule has 0 aliphatic carbocycles. The fourth-order valence-corrected chi connectivity index (χ4v) is 2.84. The smallest absolute Gasteiger partial charge is 0.190 e. The highest BCUT2D eigenvalue weighted by atomic mass is 16.5. The van der Waals surface area contributed by atoms with Gasteiger partial charge in [0.05, 0.1) is 18.9 Å². The van der Waals surface area contributed by atoms with Crippen molar-refractivity contribution in [2.45, 2.75) is 40.3 Å². The van der Waals surface area contributed by atoms with Gasteiger partial charge in [-0.15, -0.1) is 0 Å². The van der Waals surface area contributed by atoms with Gasteiger partial charge < -0.3 is 15.4 Å². The maximum Gasteiger partial charge on any atom is 0.190 e. The lowest BCUT2D eigenvalue weighted by atomic mass is 10.2. The Morgan fingerprint density at radius 3 is 2.67 bits per heavy atom. The monoisotopic (exact) mass is 371 g/mol. The molecule has 0 bridgehead atoms. The van der Waals surface area contributed by atoms with Gasteiger partial charge in [-0.3, -0.25) is 9.67 Å². The van der Waals surface area contributed by atoms with Gasteiger partial charge in [-0.1, -0.05) is 37.3 Å². The van der Waals surface area contributed by atoms with Crippen LogP contribution in [0.5, 0.6) is 0 Å². The molecule has 2 rings (SSSR count). The molecule has 1 unspecified atom stereocenters. The Labute approximate surface area is 163 Å². The van der Waals surface area contributed by atoms with E-state index in [9.17, 15) is 0 Å². The molecule has 148 valence electrons. The fourth-order valence-electron chi connectivity index (χ4n) is 2.84. The summed E-state index contributed by atoms with van der Waals surface area (Å²) in [6.07, 6.45) is 0.998. The van der Waals surface area contributed by atoms with Gasteiger partial charge in [-0.2, -0.15) is 5.10 Å². The Hall–Kier alpha value is -2.34. The molecule has 0 saturated heterocycles. The first kappa shape index (κ1) is 21.0. The highest BCUT2D eigenvalue weighted by Gasteiger charge is 2.05. The third-order valence-electron chi connectivity index (χ3n) is 4.30. The standard InChI is InChI=1S/C21H33N5O/c1-17(15-27-16-20-9-6-5-7-10-20)14-24-21(22-4)23-11-8-12-26-19(3)13-18(2)25-26/h5-7,9-10,13,17H,8,11-12,14-16H2,1-4H3,(H2,22,23,24). The van der Waals surface area contributed by atoms with Crippen LogP contribution in [0.25, 0.3) is 0 Å². The van der Waals surface area contributed by atoms with Crippen molar-refractivity contribution in [2.75, 3.05) is 26.7 Å². The summed E-state index contributed by atoms with van der Waals surface area (Å²) < 4.78 is 7.85. The van der Waals surface area contributed by atoms with E-state index in [1.165, 1.54) is 11.3 Å². The van der Waals surface area contributed by atoms with Gasteiger partial charge in [0.1, 0.15) is 0 Å². The van der Waals surface area contributed by atoms with E-state index in [4.69, 9.17) is 4.74 Å². The molecule has 0 saturated carbocycles. The predicted molar refractivity (Wildman–Crippen MR) is 111 cm³/mol. The van der Waals surface area contributed by atoms with Crippen molar-refractivity contribution < 1.29 is 4.74 Å². The van der Waals surface area contributed by atoms with E-state index in [1.807, 2.05) is 25.1 Å². The zero-order chi connectivity index (χ0) is 19.5. The molecule has 1 aromatic heterocycles. The number of rotatable bonds is 10. The van der Waals surface area contributed by atoms with Gasteiger partial charge in [0.25, 0.3) is 0 Å². The highest BCUT2D eigenvalue weighted by Crippen LogP contribution is 2.03. The van der Waals surface area contributed by atoms with E-state index in [2.05, 4.69) is 57.5 Å². The quantitative estimate of drug-likeness (QED) is 0.383. The number of ether oxygens (including phenoxy) is 1. The average Bonchev–Trinajstić information content (AvgIpc) is 2.99. The summed E-state index contributed by atoms with van der Waals surface area (Å²) >= 11 is 0. The van der Waals surface area contributed by atoms with Crippen LogP contribution in [-0.4, -0.2) is 42.5 Å². The Bertz CT molecular complexity index is 696. The number of nitrogens with zero attached hydrogens (tertiary/aromatic N) is 3. The second-order valence-corrected chi connectivity index (χ2v) is 6.99. The maximum atomic E-state index is 5.80. The normalized spacial score (nSPS) is 12.8. The number of guanidine groups is 1. The zero-order valence-corrected chi connectivity index (χ0v) is 17.0. The van der Waals surface area contributed by atoms with Gasteiger partial charge in [-0.05, 0) is 37.8 Å². The Morgan fingerprint density at radius 2 is 2.00 bits per heavy atom. The van der Waals surface area contributed by atoms with Crippen LogP contribution in [0.1, 0.15) is 30.3 Å². The van der Waals surface area contributed by atoms with Crippen LogP contribution < -0.4 is 10.6 Å². The average molecular weight is 372 g/mol.